The Bertz CT molecular complexity index is 1380. The molecule has 0 radical (unpaired) electrons. The number of sulfonamides is 1. The fourth-order valence-corrected chi connectivity index (χ4v) is 4.51. The van der Waals surface area contributed by atoms with E-state index in [9.17, 15) is 27.2 Å². The summed E-state index contributed by atoms with van der Waals surface area (Å²) in [6.07, 6.45) is -0.00727. The average Bonchev–Trinajstić information content (AvgIpc) is 3.13. The molecule has 8 nitrogen and oxygen atoms in total. The Hall–Kier alpha value is -3.89. The second-order valence-electron chi connectivity index (χ2n) is 8.04. The predicted molar refractivity (Wildman–Crippen MR) is 126 cm³/mol. The molecule has 1 unspecified atom stereocenters. The molecule has 3 aromatic carbocycles. The molecule has 1 aliphatic rings. The molecule has 0 saturated carbocycles. The van der Waals surface area contributed by atoms with Gasteiger partial charge in [-0.25, -0.2) is 22.8 Å². The van der Waals surface area contributed by atoms with E-state index in [1.54, 1.807) is 42.5 Å². The summed E-state index contributed by atoms with van der Waals surface area (Å²) in [6, 6.07) is 18.5. The Labute approximate surface area is 201 Å². The highest BCUT2D eigenvalue weighted by Gasteiger charge is 2.44. The van der Waals surface area contributed by atoms with Gasteiger partial charge in [0, 0.05) is 6.54 Å². The highest BCUT2D eigenvalue weighted by atomic mass is 32.2. The van der Waals surface area contributed by atoms with Crippen LogP contribution in [0.1, 0.15) is 22.3 Å². The van der Waals surface area contributed by atoms with Crippen molar-refractivity contribution >= 4 is 33.4 Å². The summed E-state index contributed by atoms with van der Waals surface area (Å²) < 4.78 is 37.4. The van der Waals surface area contributed by atoms with Crippen molar-refractivity contribution < 1.29 is 27.2 Å². The summed E-state index contributed by atoms with van der Waals surface area (Å²) in [5.74, 6) is -2.49. The van der Waals surface area contributed by atoms with Gasteiger partial charge in [-0.05, 0) is 48.4 Å². The SMILES string of the molecule is NS(=O)(=O)c1ccc(CCN(C(=O)c2ccccc2F)C2CC(=O)N(c3ccccc3)C2=O)cc1. The summed E-state index contributed by atoms with van der Waals surface area (Å²) in [4.78, 5) is 41.6. The van der Waals surface area contributed by atoms with Crippen molar-refractivity contribution in [3.05, 3.63) is 95.8 Å². The first kappa shape index (κ1) is 24.2. The summed E-state index contributed by atoms with van der Waals surface area (Å²) in [5.41, 5.74) is 0.845. The maximum Gasteiger partial charge on any atom is 0.257 e. The number of hydrogen-bond donors (Lipinski definition) is 1. The maximum atomic E-state index is 14.4. The second-order valence-corrected chi connectivity index (χ2v) is 9.60. The second kappa shape index (κ2) is 9.77. The van der Waals surface area contributed by atoms with Gasteiger partial charge in [0.2, 0.25) is 15.9 Å². The van der Waals surface area contributed by atoms with Crippen molar-refractivity contribution in [2.45, 2.75) is 23.8 Å². The Morgan fingerprint density at radius 2 is 1.60 bits per heavy atom. The van der Waals surface area contributed by atoms with E-state index >= 15 is 0 Å². The molecule has 1 fully saturated rings. The molecule has 3 aromatic rings. The number of nitrogens with zero attached hydrogens (tertiary/aromatic N) is 2. The molecule has 2 N–H and O–H groups in total. The van der Waals surface area contributed by atoms with Crippen molar-refractivity contribution in [2.75, 3.05) is 11.4 Å². The first-order valence-corrected chi connectivity index (χ1v) is 12.3. The molecule has 1 aliphatic heterocycles. The number of para-hydroxylation sites is 1. The van der Waals surface area contributed by atoms with Crippen LogP contribution in [0.25, 0.3) is 0 Å². The third-order valence-corrected chi connectivity index (χ3v) is 6.70. The van der Waals surface area contributed by atoms with Gasteiger partial charge in [-0.1, -0.05) is 42.5 Å². The summed E-state index contributed by atoms with van der Waals surface area (Å²) in [5, 5.41) is 5.13. The average molecular weight is 496 g/mol. The van der Waals surface area contributed by atoms with Crippen molar-refractivity contribution in [3.8, 4) is 0 Å². The Kier molecular flexibility index (Phi) is 6.77. The van der Waals surface area contributed by atoms with Gasteiger partial charge >= 0.3 is 0 Å². The van der Waals surface area contributed by atoms with E-state index in [-0.39, 0.29) is 29.8 Å². The molecule has 10 heteroatoms. The number of benzene rings is 3. The minimum absolute atomic E-state index is 0.00575. The number of hydrogen-bond acceptors (Lipinski definition) is 5. The van der Waals surface area contributed by atoms with Gasteiger partial charge in [-0.15, -0.1) is 0 Å². The normalized spacial score (nSPS) is 15.9. The summed E-state index contributed by atoms with van der Waals surface area (Å²) >= 11 is 0. The number of amides is 3. The number of nitrogens with two attached hydrogens (primary N) is 1. The zero-order valence-corrected chi connectivity index (χ0v) is 19.3. The molecular weight excluding hydrogens is 473 g/mol. The molecule has 0 bridgehead atoms. The zero-order valence-electron chi connectivity index (χ0n) is 18.5. The van der Waals surface area contributed by atoms with E-state index in [1.807, 2.05) is 0 Å². The molecule has 35 heavy (non-hydrogen) atoms. The smallest absolute Gasteiger partial charge is 0.257 e. The molecule has 3 amide bonds. The van der Waals surface area contributed by atoms with Crippen LogP contribution < -0.4 is 10.0 Å². The zero-order chi connectivity index (χ0) is 25.2. The van der Waals surface area contributed by atoms with Crippen molar-refractivity contribution in [1.82, 2.24) is 4.90 Å². The van der Waals surface area contributed by atoms with Gasteiger partial charge in [0.25, 0.3) is 11.8 Å². The van der Waals surface area contributed by atoms with E-state index in [1.165, 1.54) is 35.2 Å². The van der Waals surface area contributed by atoms with Gasteiger partial charge in [-0.3, -0.25) is 14.4 Å². The first-order valence-electron chi connectivity index (χ1n) is 10.8. The van der Waals surface area contributed by atoms with Gasteiger partial charge < -0.3 is 4.90 Å². The minimum atomic E-state index is -3.86. The highest BCUT2D eigenvalue weighted by Crippen LogP contribution is 2.27. The minimum Gasteiger partial charge on any atom is -0.326 e. The van der Waals surface area contributed by atoms with E-state index in [0.29, 0.717) is 11.3 Å². The monoisotopic (exact) mass is 495 g/mol. The lowest BCUT2D eigenvalue weighted by atomic mass is 10.1. The van der Waals surface area contributed by atoms with E-state index < -0.39 is 39.6 Å². The Morgan fingerprint density at radius 3 is 2.23 bits per heavy atom. The summed E-state index contributed by atoms with van der Waals surface area (Å²) in [7, 11) is -3.86. The summed E-state index contributed by atoms with van der Waals surface area (Å²) in [6.45, 7) is -0.00575. The number of carbonyl (C=O) groups excluding carboxylic acids is 3. The number of carbonyl (C=O) groups is 3. The number of halogens is 1. The molecule has 0 aliphatic carbocycles. The lowest BCUT2D eigenvalue weighted by Gasteiger charge is -2.28. The number of rotatable bonds is 7. The molecule has 1 atom stereocenters. The van der Waals surface area contributed by atoms with Gasteiger partial charge in [-0.2, -0.15) is 0 Å². The molecule has 4 rings (SSSR count). The third kappa shape index (κ3) is 5.13. The lowest BCUT2D eigenvalue weighted by molar-refractivity contribution is -0.122. The Morgan fingerprint density at radius 1 is 0.971 bits per heavy atom. The lowest BCUT2D eigenvalue weighted by Crippen LogP contribution is -2.46. The van der Waals surface area contributed by atoms with Crippen molar-refractivity contribution in [3.63, 3.8) is 0 Å². The fraction of sp³-hybridized carbons (Fsp3) is 0.160. The number of anilines is 1. The molecule has 1 saturated heterocycles. The van der Waals surface area contributed by atoms with Crippen molar-refractivity contribution in [2.24, 2.45) is 5.14 Å². The highest BCUT2D eigenvalue weighted by molar-refractivity contribution is 7.89. The molecule has 0 aromatic heterocycles. The Balaban J connectivity index is 1.63. The standard InChI is InChI=1S/C25H22FN3O5S/c26-21-9-5-4-8-20(21)24(31)28(15-14-17-10-12-19(13-11-17)35(27,33)34)22-16-23(30)29(25(22)32)18-6-2-1-3-7-18/h1-13,22H,14-16H2,(H2,27,33,34). The van der Waals surface area contributed by atoms with Gasteiger partial charge in [0.05, 0.1) is 22.6 Å². The van der Waals surface area contributed by atoms with Crippen LogP contribution in [0, 0.1) is 5.82 Å². The van der Waals surface area contributed by atoms with Crippen LogP contribution in [0.15, 0.2) is 83.8 Å². The van der Waals surface area contributed by atoms with E-state index in [0.717, 1.165) is 11.0 Å². The third-order valence-electron chi connectivity index (χ3n) is 5.77. The van der Waals surface area contributed by atoms with E-state index in [2.05, 4.69) is 0 Å². The van der Waals surface area contributed by atoms with Crippen LogP contribution in [0.5, 0.6) is 0 Å². The van der Waals surface area contributed by atoms with Crippen LogP contribution >= 0.6 is 0 Å². The largest absolute Gasteiger partial charge is 0.326 e. The van der Waals surface area contributed by atoms with Crippen LogP contribution in [0.3, 0.4) is 0 Å². The molecule has 0 spiro atoms. The van der Waals surface area contributed by atoms with Crippen LogP contribution in [0.2, 0.25) is 0 Å². The first-order chi connectivity index (χ1) is 16.7. The number of imide groups is 1. The van der Waals surface area contributed by atoms with Gasteiger partial charge in [0.15, 0.2) is 0 Å². The number of primary sulfonamides is 1. The van der Waals surface area contributed by atoms with E-state index in [4.69, 9.17) is 5.14 Å². The van der Waals surface area contributed by atoms with Crippen LogP contribution in [-0.2, 0) is 26.0 Å². The van der Waals surface area contributed by atoms with Crippen molar-refractivity contribution in [1.29, 1.82) is 0 Å². The molecule has 180 valence electrons. The van der Waals surface area contributed by atoms with Gasteiger partial charge in [0.1, 0.15) is 11.9 Å². The van der Waals surface area contributed by atoms with Crippen LogP contribution in [0.4, 0.5) is 10.1 Å². The quantitative estimate of drug-likeness (QED) is 0.506. The predicted octanol–water partition coefficient (Wildman–Crippen LogP) is 2.49. The fourth-order valence-electron chi connectivity index (χ4n) is 3.99. The molecular formula is C25H22FN3O5S. The topological polar surface area (TPSA) is 118 Å². The maximum absolute atomic E-state index is 14.4. The van der Waals surface area contributed by atoms with Crippen LogP contribution in [-0.4, -0.2) is 43.6 Å². The molecule has 1 heterocycles.